The van der Waals surface area contributed by atoms with Gasteiger partial charge >= 0.3 is 5.97 Å². The molecule has 2 aliphatic rings. The standard InChI is InChI=1S/C25H20N2O6S/c28-23-20-8-2-3-9-21(20)24(29)26(23)16-33-25(30)18-11-13-19(14-12-18)34(31,32)27-15-5-7-17-6-1-4-10-22(17)27/h1-4,6,8-14H,5,7,15-16H2. The summed E-state index contributed by atoms with van der Waals surface area (Å²) in [5.41, 5.74) is 2.27. The van der Waals surface area contributed by atoms with Gasteiger partial charge in [0.05, 0.1) is 27.3 Å². The van der Waals surface area contributed by atoms with Crippen molar-refractivity contribution >= 4 is 33.5 Å². The van der Waals surface area contributed by atoms with E-state index in [2.05, 4.69) is 0 Å². The average molecular weight is 477 g/mol. The lowest BCUT2D eigenvalue weighted by Crippen LogP contribution is -2.35. The third-order valence-electron chi connectivity index (χ3n) is 5.95. The van der Waals surface area contributed by atoms with Crippen molar-refractivity contribution in [3.63, 3.8) is 0 Å². The summed E-state index contributed by atoms with van der Waals surface area (Å²) in [5.74, 6) is -1.84. The fourth-order valence-electron chi connectivity index (χ4n) is 4.20. The first-order valence-electron chi connectivity index (χ1n) is 10.7. The second-order valence-electron chi connectivity index (χ2n) is 7.98. The molecular weight excluding hydrogens is 456 g/mol. The van der Waals surface area contributed by atoms with Crippen molar-refractivity contribution in [1.82, 2.24) is 4.90 Å². The van der Waals surface area contributed by atoms with Crippen molar-refractivity contribution in [3.05, 3.63) is 95.1 Å². The van der Waals surface area contributed by atoms with Crippen LogP contribution >= 0.6 is 0 Å². The summed E-state index contributed by atoms with van der Waals surface area (Å²) in [4.78, 5) is 38.2. The quantitative estimate of drug-likeness (QED) is 0.414. The maximum atomic E-state index is 13.2. The summed E-state index contributed by atoms with van der Waals surface area (Å²) in [5, 5.41) is 0. The average Bonchev–Trinajstić information content (AvgIpc) is 3.11. The topological polar surface area (TPSA) is 101 Å². The van der Waals surface area contributed by atoms with Crippen LogP contribution in [0, 0.1) is 0 Å². The first kappa shape index (κ1) is 21.8. The number of nitrogens with zero attached hydrogens (tertiary/aromatic N) is 2. The van der Waals surface area contributed by atoms with Crippen LogP contribution in [0.5, 0.6) is 0 Å². The molecule has 0 aromatic heterocycles. The molecule has 2 heterocycles. The van der Waals surface area contributed by atoms with Gasteiger partial charge in [-0.2, -0.15) is 0 Å². The molecular formula is C25H20N2O6S. The van der Waals surface area contributed by atoms with E-state index in [-0.39, 0.29) is 21.6 Å². The summed E-state index contributed by atoms with van der Waals surface area (Å²) in [6, 6.07) is 19.2. The number of benzene rings is 3. The molecule has 0 spiro atoms. The van der Waals surface area contributed by atoms with Crippen LogP contribution in [0.3, 0.4) is 0 Å². The number of amides is 2. The highest BCUT2D eigenvalue weighted by molar-refractivity contribution is 7.92. The van der Waals surface area contributed by atoms with Crippen molar-refractivity contribution in [2.45, 2.75) is 17.7 Å². The lowest BCUT2D eigenvalue weighted by Gasteiger charge is -2.30. The monoisotopic (exact) mass is 476 g/mol. The SMILES string of the molecule is O=C(OCN1C(=O)c2ccccc2C1=O)c1ccc(S(=O)(=O)N2CCCc3ccccc32)cc1. The fourth-order valence-corrected chi connectivity index (χ4v) is 5.74. The zero-order valence-electron chi connectivity index (χ0n) is 18.0. The maximum Gasteiger partial charge on any atom is 0.339 e. The third-order valence-corrected chi connectivity index (χ3v) is 7.78. The van der Waals surface area contributed by atoms with Crippen molar-refractivity contribution in [2.24, 2.45) is 0 Å². The summed E-state index contributed by atoms with van der Waals surface area (Å²) >= 11 is 0. The van der Waals surface area contributed by atoms with E-state index < -0.39 is 34.5 Å². The van der Waals surface area contributed by atoms with Crippen molar-refractivity contribution in [1.29, 1.82) is 0 Å². The Morgan fingerprint density at radius 1 is 0.853 bits per heavy atom. The van der Waals surface area contributed by atoms with Crippen LogP contribution in [0.4, 0.5) is 5.69 Å². The number of aryl methyl sites for hydroxylation is 1. The van der Waals surface area contributed by atoms with Crippen LogP contribution in [0.1, 0.15) is 43.1 Å². The van der Waals surface area contributed by atoms with E-state index in [4.69, 9.17) is 4.74 Å². The van der Waals surface area contributed by atoms with Gasteiger partial charge in [-0.15, -0.1) is 0 Å². The molecule has 0 saturated carbocycles. The third kappa shape index (κ3) is 3.63. The Hall–Kier alpha value is -3.98. The Morgan fingerprint density at radius 3 is 2.15 bits per heavy atom. The van der Waals surface area contributed by atoms with Gasteiger partial charge in [-0.3, -0.25) is 13.9 Å². The molecule has 0 fully saturated rings. The highest BCUT2D eigenvalue weighted by atomic mass is 32.2. The van der Waals surface area contributed by atoms with Crippen LogP contribution in [-0.2, 0) is 21.2 Å². The van der Waals surface area contributed by atoms with Gasteiger partial charge < -0.3 is 4.74 Å². The molecule has 2 aliphatic heterocycles. The molecule has 2 amide bonds. The molecule has 0 aliphatic carbocycles. The summed E-state index contributed by atoms with van der Waals surface area (Å²) < 4.78 is 33.0. The normalized spacial score (nSPS) is 15.2. The molecule has 0 atom stereocenters. The molecule has 0 bridgehead atoms. The number of hydrogen-bond acceptors (Lipinski definition) is 6. The van der Waals surface area contributed by atoms with E-state index in [1.54, 1.807) is 24.3 Å². The largest absolute Gasteiger partial charge is 0.440 e. The van der Waals surface area contributed by atoms with Gasteiger partial charge in [0, 0.05) is 6.54 Å². The predicted molar refractivity (Wildman–Crippen MR) is 123 cm³/mol. The second kappa shape index (κ2) is 8.42. The van der Waals surface area contributed by atoms with Gasteiger partial charge in [0.15, 0.2) is 6.73 Å². The molecule has 0 saturated heterocycles. The van der Waals surface area contributed by atoms with Gasteiger partial charge in [0.1, 0.15) is 0 Å². The molecule has 3 aromatic carbocycles. The highest BCUT2D eigenvalue weighted by Gasteiger charge is 2.36. The minimum Gasteiger partial charge on any atom is -0.440 e. The molecule has 0 N–H and O–H groups in total. The molecule has 9 heteroatoms. The number of rotatable bonds is 5. The molecule has 34 heavy (non-hydrogen) atoms. The Morgan fingerprint density at radius 2 is 1.47 bits per heavy atom. The Bertz CT molecular complexity index is 1380. The zero-order valence-corrected chi connectivity index (χ0v) is 18.8. The molecule has 3 aromatic rings. The lowest BCUT2D eigenvalue weighted by atomic mass is 10.0. The van der Waals surface area contributed by atoms with Crippen LogP contribution in [0.15, 0.2) is 77.7 Å². The van der Waals surface area contributed by atoms with E-state index in [0.717, 1.165) is 23.3 Å². The highest BCUT2D eigenvalue weighted by Crippen LogP contribution is 2.32. The number of sulfonamides is 1. The maximum absolute atomic E-state index is 13.2. The van der Waals surface area contributed by atoms with Crippen LogP contribution in [0.2, 0.25) is 0 Å². The molecule has 0 radical (unpaired) electrons. The number of esters is 1. The van der Waals surface area contributed by atoms with E-state index >= 15 is 0 Å². The first-order chi connectivity index (χ1) is 16.4. The van der Waals surface area contributed by atoms with Crippen LogP contribution in [0.25, 0.3) is 0 Å². The number of anilines is 1. The minimum atomic E-state index is -3.80. The van der Waals surface area contributed by atoms with Gasteiger partial charge in [-0.05, 0) is 60.9 Å². The van der Waals surface area contributed by atoms with Gasteiger partial charge in [0.25, 0.3) is 21.8 Å². The van der Waals surface area contributed by atoms with Crippen LogP contribution < -0.4 is 4.31 Å². The van der Waals surface area contributed by atoms with E-state index in [0.29, 0.717) is 12.2 Å². The molecule has 8 nitrogen and oxygen atoms in total. The number of fused-ring (bicyclic) bond motifs is 2. The predicted octanol–water partition coefficient (Wildman–Crippen LogP) is 3.24. The van der Waals surface area contributed by atoms with Crippen LogP contribution in [-0.4, -0.2) is 44.4 Å². The molecule has 5 rings (SSSR count). The van der Waals surface area contributed by atoms with Crippen molar-refractivity contribution in [2.75, 3.05) is 17.6 Å². The van der Waals surface area contributed by atoms with Gasteiger partial charge in [0.2, 0.25) is 0 Å². The lowest BCUT2D eigenvalue weighted by molar-refractivity contribution is 0.0228. The number of carbonyl (C=O) groups excluding carboxylic acids is 3. The minimum absolute atomic E-state index is 0.0566. The Kier molecular flexibility index (Phi) is 5.41. The smallest absolute Gasteiger partial charge is 0.339 e. The van der Waals surface area contributed by atoms with E-state index in [1.807, 2.05) is 12.1 Å². The number of carbonyl (C=O) groups is 3. The van der Waals surface area contributed by atoms with E-state index in [1.165, 1.54) is 40.7 Å². The van der Waals surface area contributed by atoms with Crippen molar-refractivity contribution in [3.8, 4) is 0 Å². The summed E-state index contributed by atoms with van der Waals surface area (Å²) in [7, 11) is -3.80. The Labute approximate surface area is 196 Å². The summed E-state index contributed by atoms with van der Waals surface area (Å²) in [6.07, 6.45) is 1.54. The Balaban J connectivity index is 1.29. The molecule has 172 valence electrons. The summed E-state index contributed by atoms with van der Waals surface area (Å²) in [6.45, 7) is -0.154. The zero-order chi connectivity index (χ0) is 23.9. The number of imide groups is 1. The van der Waals surface area contributed by atoms with Gasteiger partial charge in [-0.25, -0.2) is 18.1 Å². The number of hydrogen-bond donors (Lipinski definition) is 0. The van der Waals surface area contributed by atoms with Gasteiger partial charge in [-0.1, -0.05) is 30.3 Å². The van der Waals surface area contributed by atoms with E-state index in [9.17, 15) is 22.8 Å². The second-order valence-corrected chi connectivity index (χ2v) is 9.84. The van der Waals surface area contributed by atoms with Crippen molar-refractivity contribution < 1.29 is 27.5 Å². The first-order valence-corrected chi connectivity index (χ1v) is 12.1. The number of ether oxygens (including phenoxy) is 1. The molecule has 0 unspecified atom stereocenters. The fraction of sp³-hybridized carbons (Fsp3) is 0.160. The number of para-hydroxylation sites is 1.